The molecular formula is C12H17N3+2. The van der Waals surface area contributed by atoms with Crippen LogP contribution in [0.1, 0.15) is 11.1 Å². The zero-order valence-electron chi connectivity index (χ0n) is 8.87. The number of rotatable bonds is 2. The van der Waals surface area contributed by atoms with E-state index in [-0.39, 0.29) is 0 Å². The number of nitriles is 1. The normalized spacial score (nSPS) is 17.3. The van der Waals surface area contributed by atoms with Crippen LogP contribution in [0.2, 0.25) is 0 Å². The Bertz CT molecular complexity index is 361. The molecule has 0 bridgehead atoms. The molecule has 78 valence electrons. The maximum absolute atomic E-state index is 8.81. The van der Waals surface area contributed by atoms with Gasteiger partial charge in [-0.05, 0) is 12.1 Å². The van der Waals surface area contributed by atoms with Gasteiger partial charge in [-0.3, -0.25) is 0 Å². The van der Waals surface area contributed by atoms with Crippen LogP contribution in [0.25, 0.3) is 0 Å². The fraction of sp³-hybridized carbons (Fsp3) is 0.417. The summed E-state index contributed by atoms with van der Waals surface area (Å²) in [5.74, 6) is 0. The summed E-state index contributed by atoms with van der Waals surface area (Å²) in [6, 6.07) is 10.2. The van der Waals surface area contributed by atoms with E-state index in [1.54, 1.807) is 4.90 Å². The third kappa shape index (κ3) is 2.79. The summed E-state index contributed by atoms with van der Waals surface area (Å²) in [6.45, 7) is 5.98. The summed E-state index contributed by atoms with van der Waals surface area (Å²) in [4.78, 5) is 1.63. The van der Waals surface area contributed by atoms with Crippen LogP contribution < -0.4 is 10.2 Å². The van der Waals surface area contributed by atoms with Crippen molar-refractivity contribution in [1.82, 2.24) is 0 Å². The summed E-state index contributed by atoms with van der Waals surface area (Å²) in [7, 11) is 0. The van der Waals surface area contributed by atoms with Crippen LogP contribution in [-0.4, -0.2) is 26.2 Å². The maximum Gasteiger partial charge on any atom is 0.127 e. The lowest BCUT2D eigenvalue weighted by molar-refractivity contribution is -0.958. The number of hydrogen-bond acceptors (Lipinski definition) is 1. The van der Waals surface area contributed by atoms with E-state index in [0.29, 0.717) is 0 Å². The first kappa shape index (κ1) is 10.2. The highest BCUT2D eigenvalue weighted by Gasteiger charge is 2.15. The molecule has 1 aromatic rings. The standard InChI is InChI=1S/C12H15N3/c13-9-11-2-1-3-12(8-11)10-15-6-4-14-5-7-15/h1-3,8,14H,4-7,10H2/p+2. The highest BCUT2D eigenvalue weighted by molar-refractivity contribution is 5.32. The largest absolute Gasteiger partial charge is 0.337 e. The Kier molecular flexibility index (Phi) is 3.33. The lowest BCUT2D eigenvalue weighted by Gasteiger charge is -2.22. The summed E-state index contributed by atoms with van der Waals surface area (Å²) in [5, 5.41) is 11.2. The Balaban J connectivity index is 2.00. The monoisotopic (exact) mass is 203 g/mol. The van der Waals surface area contributed by atoms with Crippen molar-refractivity contribution in [2.75, 3.05) is 26.2 Å². The van der Waals surface area contributed by atoms with E-state index >= 15 is 0 Å². The molecule has 3 nitrogen and oxygen atoms in total. The van der Waals surface area contributed by atoms with Crippen molar-refractivity contribution in [3.63, 3.8) is 0 Å². The molecule has 2 rings (SSSR count). The molecule has 0 radical (unpaired) electrons. The number of piperazine rings is 1. The number of quaternary nitrogens is 2. The van der Waals surface area contributed by atoms with Crippen LogP contribution in [0.5, 0.6) is 0 Å². The first-order valence-electron chi connectivity index (χ1n) is 5.53. The van der Waals surface area contributed by atoms with E-state index in [1.807, 2.05) is 18.2 Å². The molecule has 1 aliphatic rings. The molecule has 1 heterocycles. The van der Waals surface area contributed by atoms with Gasteiger partial charge in [-0.25, -0.2) is 0 Å². The average Bonchev–Trinajstić information content (AvgIpc) is 2.31. The second-order valence-electron chi connectivity index (χ2n) is 4.10. The number of nitrogens with two attached hydrogens (primary N) is 1. The lowest BCUT2D eigenvalue weighted by atomic mass is 10.1. The van der Waals surface area contributed by atoms with Crippen molar-refractivity contribution in [2.45, 2.75) is 6.54 Å². The molecule has 0 aromatic heterocycles. The van der Waals surface area contributed by atoms with Crippen molar-refractivity contribution in [3.05, 3.63) is 35.4 Å². The van der Waals surface area contributed by atoms with E-state index in [4.69, 9.17) is 5.26 Å². The van der Waals surface area contributed by atoms with Gasteiger partial charge in [-0.1, -0.05) is 12.1 Å². The van der Waals surface area contributed by atoms with Gasteiger partial charge in [-0.2, -0.15) is 5.26 Å². The van der Waals surface area contributed by atoms with Crippen molar-refractivity contribution >= 4 is 0 Å². The Hall–Kier alpha value is -1.37. The molecule has 1 aromatic carbocycles. The molecule has 0 unspecified atom stereocenters. The molecule has 0 spiro atoms. The van der Waals surface area contributed by atoms with Crippen LogP contribution in [0, 0.1) is 11.3 Å². The number of hydrogen-bond donors (Lipinski definition) is 2. The van der Waals surface area contributed by atoms with Crippen molar-refractivity contribution < 1.29 is 10.2 Å². The predicted octanol–water partition coefficient (Wildman–Crippen LogP) is -1.48. The van der Waals surface area contributed by atoms with Crippen LogP contribution in [0.3, 0.4) is 0 Å². The lowest BCUT2D eigenvalue weighted by Crippen LogP contribution is -3.19. The second kappa shape index (κ2) is 4.92. The van der Waals surface area contributed by atoms with Crippen LogP contribution in [0.4, 0.5) is 0 Å². The number of nitrogens with one attached hydrogen (secondary N) is 1. The van der Waals surface area contributed by atoms with Crippen molar-refractivity contribution in [1.29, 1.82) is 5.26 Å². The third-order valence-corrected chi connectivity index (χ3v) is 2.91. The van der Waals surface area contributed by atoms with Gasteiger partial charge >= 0.3 is 0 Å². The van der Waals surface area contributed by atoms with Gasteiger partial charge < -0.3 is 10.2 Å². The number of nitrogens with zero attached hydrogens (tertiary/aromatic N) is 1. The van der Waals surface area contributed by atoms with Crippen molar-refractivity contribution in [3.8, 4) is 6.07 Å². The van der Waals surface area contributed by atoms with Crippen LogP contribution in [0.15, 0.2) is 24.3 Å². The van der Waals surface area contributed by atoms with Gasteiger partial charge in [0.25, 0.3) is 0 Å². The quantitative estimate of drug-likeness (QED) is 0.605. The minimum atomic E-state index is 0.774. The molecule has 3 heteroatoms. The molecule has 0 amide bonds. The van der Waals surface area contributed by atoms with Gasteiger partial charge in [0.1, 0.15) is 32.7 Å². The molecule has 3 N–H and O–H groups in total. The van der Waals surface area contributed by atoms with E-state index in [1.165, 1.54) is 31.7 Å². The van der Waals surface area contributed by atoms with Crippen LogP contribution >= 0.6 is 0 Å². The fourth-order valence-electron chi connectivity index (χ4n) is 2.10. The Morgan fingerprint density at radius 2 is 2.13 bits per heavy atom. The minimum Gasteiger partial charge on any atom is -0.337 e. The van der Waals surface area contributed by atoms with Gasteiger partial charge in [-0.15, -0.1) is 0 Å². The molecule has 1 aliphatic heterocycles. The Labute approximate surface area is 90.3 Å². The molecule has 1 fully saturated rings. The molecule has 15 heavy (non-hydrogen) atoms. The van der Waals surface area contributed by atoms with Gasteiger partial charge in [0.05, 0.1) is 11.6 Å². The Morgan fingerprint density at radius 1 is 1.33 bits per heavy atom. The van der Waals surface area contributed by atoms with E-state index in [9.17, 15) is 0 Å². The van der Waals surface area contributed by atoms with Gasteiger partial charge in [0, 0.05) is 5.56 Å². The summed E-state index contributed by atoms with van der Waals surface area (Å²) < 4.78 is 0. The van der Waals surface area contributed by atoms with Gasteiger partial charge in [0.2, 0.25) is 0 Å². The molecule has 0 aliphatic carbocycles. The molecule has 0 atom stereocenters. The molecule has 0 saturated carbocycles. The highest BCUT2D eigenvalue weighted by atomic mass is 15.2. The predicted molar refractivity (Wildman–Crippen MR) is 57.2 cm³/mol. The summed E-state index contributed by atoms with van der Waals surface area (Å²) >= 11 is 0. The van der Waals surface area contributed by atoms with Crippen LogP contribution in [-0.2, 0) is 6.54 Å². The zero-order chi connectivity index (χ0) is 10.5. The summed E-state index contributed by atoms with van der Waals surface area (Å²) in [5.41, 5.74) is 2.06. The zero-order valence-corrected chi connectivity index (χ0v) is 8.87. The number of benzene rings is 1. The highest BCUT2D eigenvalue weighted by Crippen LogP contribution is 2.02. The molecule has 1 saturated heterocycles. The third-order valence-electron chi connectivity index (χ3n) is 2.91. The molecular weight excluding hydrogens is 186 g/mol. The SMILES string of the molecule is N#Cc1cccc(C[NH+]2CC[NH2+]CC2)c1. The minimum absolute atomic E-state index is 0.774. The average molecular weight is 203 g/mol. The second-order valence-corrected chi connectivity index (χ2v) is 4.10. The van der Waals surface area contributed by atoms with Crippen molar-refractivity contribution in [2.24, 2.45) is 0 Å². The topological polar surface area (TPSA) is 44.8 Å². The maximum atomic E-state index is 8.81. The first-order valence-corrected chi connectivity index (χ1v) is 5.53. The first-order chi connectivity index (χ1) is 7.38. The smallest absolute Gasteiger partial charge is 0.127 e. The van der Waals surface area contributed by atoms with E-state index in [2.05, 4.69) is 17.5 Å². The summed E-state index contributed by atoms with van der Waals surface area (Å²) in [6.07, 6.45) is 0. The fourth-order valence-corrected chi connectivity index (χ4v) is 2.10. The van der Waals surface area contributed by atoms with E-state index < -0.39 is 0 Å². The Morgan fingerprint density at radius 3 is 2.87 bits per heavy atom. The van der Waals surface area contributed by atoms with E-state index in [0.717, 1.165) is 12.1 Å². The van der Waals surface area contributed by atoms with Gasteiger partial charge in [0.15, 0.2) is 0 Å².